The number of quaternary nitrogens is 2. The van der Waals surface area contributed by atoms with Gasteiger partial charge < -0.3 is 14.7 Å². The molecule has 3 fully saturated rings. The maximum Gasteiger partial charge on any atom is 0.280 e. The molecular weight excluding hydrogens is 262 g/mol. The number of nitrogens with one attached hydrogen (secondary N) is 2. The van der Waals surface area contributed by atoms with E-state index >= 15 is 0 Å². The number of amides is 1. The zero-order valence-corrected chi connectivity index (χ0v) is 13.7. The molecule has 1 aliphatic carbocycles. The average molecular weight is 295 g/mol. The Balaban J connectivity index is 1.47. The zero-order valence-electron chi connectivity index (χ0n) is 13.7. The van der Waals surface area contributed by atoms with E-state index in [-0.39, 0.29) is 6.04 Å². The van der Waals surface area contributed by atoms with Gasteiger partial charge in [0.05, 0.1) is 6.04 Å². The molecule has 0 radical (unpaired) electrons. The summed E-state index contributed by atoms with van der Waals surface area (Å²) in [7, 11) is 0. The first-order valence-corrected chi connectivity index (χ1v) is 9.23. The van der Waals surface area contributed by atoms with Crippen LogP contribution in [0.1, 0.15) is 51.9 Å². The molecule has 1 amide bonds. The Hall–Kier alpha value is -0.610. The Kier molecular flexibility index (Phi) is 5.17. The summed E-state index contributed by atoms with van der Waals surface area (Å²) in [6.45, 7) is 9.07. The molecule has 0 aromatic carbocycles. The molecule has 2 heterocycles. The highest BCUT2D eigenvalue weighted by atomic mass is 16.2. The zero-order chi connectivity index (χ0) is 14.7. The number of hydrogen-bond acceptors (Lipinski definition) is 1. The lowest BCUT2D eigenvalue weighted by Crippen LogP contribution is -3.31. The fraction of sp³-hybridized carbons (Fsp3) is 0.941. The van der Waals surface area contributed by atoms with Crippen LogP contribution in [-0.2, 0) is 4.79 Å². The minimum atomic E-state index is 0.177. The van der Waals surface area contributed by atoms with Crippen LogP contribution in [0.15, 0.2) is 0 Å². The van der Waals surface area contributed by atoms with Gasteiger partial charge in [0.15, 0.2) is 6.04 Å². The second kappa shape index (κ2) is 7.10. The Bertz CT molecular complexity index is 340. The van der Waals surface area contributed by atoms with Crippen LogP contribution in [0, 0.1) is 0 Å². The molecule has 0 bridgehead atoms. The fourth-order valence-electron chi connectivity index (χ4n) is 4.63. The monoisotopic (exact) mass is 295 g/mol. The SMILES string of the molecule is C[C@H](C(=O)N1CCCC1)[NH+]1CC[NH+](C2CCCCC2)CC1. The number of hydrogen-bond donors (Lipinski definition) is 2. The lowest BCUT2D eigenvalue weighted by molar-refractivity contribution is -1.03. The van der Waals surface area contributed by atoms with E-state index < -0.39 is 0 Å². The third-order valence-corrected chi connectivity index (χ3v) is 6.12. The van der Waals surface area contributed by atoms with E-state index in [1.54, 1.807) is 0 Å². The lowest BCUT2D eigenvalue weighted by atomic mass is 9.93. The second-order valence-corrected chi connectivity index (χ2v) is 7.41. The molecule has 2 saturated heterocycles. The van der Waals surface area contributed by atoms with Crippen LogP contribution < -0.4 is 9.80 Å². The first-order valence-electron chi connectivity index (χ1n) is 9.23. The first-order chi connectivity index (χ1) is 10.3. The molecule has 0 aromatic rings. The highest BCUT2D eigenvalue weighted by Gasteiger charge is 2.36. The summed E-state index contributed by atoms with van der Waals surface area (Å²) in [5, 5.41) is 0. The molecule has 0 spiro atoms. The molecule has 3 aliphatic rings. The van der Waals surface area contributed by atoms with Crippen molar-refractivity contribution >= 4 is 5.91 Å². The number of carbonyl (C=O) groups is 1. The van der Waals surface area contributed by atoms with Crippen LogP contribution >= 0.6 is 0 Å². The molecule has 1 saturated carbocycles. The van der Waals surface area contributed by atoms with Crippen molar-refractivity contribution < 1.29 is 14.6 Å². The van der Waals surface area contributed by atoms with E-state index in [0.29, 0.717) is 5.91 Å². The van der Waals surface area contributed by atoms with Crippen LogP contribution in [0.4, 0.5) is 0 Å². The van der Waals surface area contributed by atoms with Crippen LogP contribution in [0.25, 0.3) is 0 Å². The fourth-order valence-corrected chi connectivity index (χ4v) is 4.63. The van der Waals surface area contributed by atoms with E-state index in [9.17, 15) is 4.79 Å². The van der Waals surface area contributed by atoms with Gasteiger partial charge in [-0.2, -0.15) is 0 Å². The molecule has 3 rings (SSSR count). The maximum atomic E-state index is 12.5. The minimum Gasteiger partial charge on any atom is -0.338 e. The normalized spacial score (nSPS) is 33.1. The number of rotatable bonds is 3. The van der Waals surface area contributed by atoms with Gasteiger partial charge in [-0.15, -0.1) is 0 Å². The largest absolute Gasteiger partial charge is 0.338 e. The second-order valence-electron chi connectivity index (χ2n) is 7.41. The van der Waals surface area contributed by atoms with Gasteiger partial charge in [0.2, 0.25) is 0 Å². The molecule has 2 aliphatic heterocycles. The van der Waals surface area contributed by atoms with E-state index in [2.05, 4.69) is 11.8 Å². The Morgan fingerprint density at radius 3 is 2.19 bits per heavy atom. The van der Waals surface area contributed by atoms with E-state index in [4.69, 9.17) is 0 Å². The molecule has 1 atom stereocenters. The molecule has 4 heteroatoms. The number of piperazine rings is 1. The van der Waals surface area contributed by atoms with Crippen molar-refractivity contribution in [2.24, 2.45) is 0 Å². The summed E-state index contributed by atoms with van der Waals surface area (Å²) in [4.78, 5) is 18.0. The van der Waals surface area contributed by atoms with Crippen LogP contribution in [0.3, 0.4) is 0 Å². The van der Waals surface area contributed by atoms with Gasteiger partial charge >= 0.3 is 0 Å². The first kappa shape index (κ1) is 15.3. The van der Waals surface area contributed by atoms with Gasteiger partial charge in [-0.1, -0.05) is 6.42 Å². The summed E-state index contributed by atoms with van der Waals surface area (Å²) in [6, 6.07) is 1.10. The Morgan fingerprint density at radius 1 is 0.952 bits per heavy atom. The van der Waals surface area contributed by atoms with Crippen molar-refractivity contribution in [3.8, 4) is 0 Å². The highest BCUT2D eigenvalue weighted by Crippen LogP contribution is 2.15. The van der Waals surface area contributed by atoms with Gasteiger partial charge in [0.25, 0.3) is 5.91 Å². The van der Waals surface area contributed by atoms with Gasteiger partial charge in [0, 0.05) is 13.1 Å². The standard InChI is InChI=1S/C17H31N3O/c1-15(17(21)20-9-5-6-10-20)18-11-13-19(14-12-18)16-7-3-2-4-8-16/h15-16H,2-14H2,1H3/p+2/t15-/m1/s1. The molecule has 120 valence electrons. The van der Waals surface area contributed by atoms with Gasteiger partial charge in [-0.25, -0.2) is 0 Å². The smallest absolute Gasteiger partial charge is 0.280 e. The molecule has 21 heavy (non-hydrogen) atoms. The third kappa shape index (κ3) is 3.59. The summed E-state index contributed by atoms with van der Waals surface area (Å²) in [6.07, 6.45) is 9.60. The number of carbonyl (C=O) groups excluding carboxylic acids is 1. The van der Waals surface area contributed by atoms with Crippen molar-refractivity contribution in [1.82, 2.24) is 4.90 Å². The lowest BCUT2D eigenvalue weighted by Gasteiger charge is -2.38. The third-order valence-electron chi connectivity index (χ3n) is 6.12. The van der Waals surface area contributed by atoms with Crippen molar-refractivity contribution in [1.29, 1.82) is 0 Å². The van der Waals surface area contributed by atoms with Crippen molar-refractivity contribution in [3.63, 3.8) is 0 Å². The molecule has 2 N–H and O–H groups in total. The van der Waals surface area contributed by atoms with E-state index in [1.165, 1.54) is 76.0 Å². The van der Waals surface area contributed by atoms with E-state index in [0.717, 1.165) is 19.1 Å². The van der Waals surface area contributed by atoms with Crippen LogP contribution in [-0.4, -0.2) is 62.2 Å². The van der Waals surface area contributed by atoms with Crippen LogP contribution in [0.5, 0.6) is 0 Å². The topological polar surface area (TPSA) is 29.2 Å². The summed E-state index contributed by atoms with van der Waals surface area (Å²) >= 11 is 0. The van der Waals surface area contributed by atoms with Gasteiger partial charge in [-0.05, 0) is 45.4 Å². The van der Waals surface area contributed by atoms with Crippen molar-refractivity contribution in [2.75, 3.05) is 39.3 Å². The van der Waals surface area contributed by atoms with Gasteiger partial charge in [0.1, 0.15) is 26.2 Å². The molecule has 0 aromatic heterocycles. The highest BCUT2D eigenvalue weighted by molar-refractivity contribution is 5.80. The van der Waals surface area contributed by atoms with E-state index in [1.807, 2.05) is 4.90 Å². The molecule has 4 nitrogen and oxygen atoms in total. The molecule has 0 unspecified atom stereocenters. The van der Waals surface area contributed by atoms with Gasteiger partial charge in [-0.3, -0.25) is 4.79 Å². The van der Waals surface area contributed by atoms with Crippen LogP contribution in [0.2, 0.25) is 0 Å². The minimum absolute atomic E-state index is 0.177. The van der Waals surface area contributed by atoms with Crippen molar-refractivity contribution in [2.45, 2.75) is 64.0 Å². The Morgan fingerprint density at radius 2 is 1.57 bits per heavy atom. The summed E-state index contributed by atoms with van der Waals surface area (Å²) in [5.74, 6) is 0.406. The predicted molar refractivity (Wildman–Crippen MR) is 83.5 cm³/mol. The number of likely N-dealkylation sites (tertiary alicyclic amines) is 1. The quantitative estimate of drug-likeness (QED) is 0.695. The predicted octanol–water partition coefficient (Wildman–Crippen LogP) is -0.887. The van der Waals surface area contributed by atoms with Crippen molar-refractivity contribution in [3.05, 3.63) is 0 Å². The molecular formula is C17H33N3O+2. The summed E-state index contributed by atoms with van der Waals surface area (Å²) < 4.78 is 0. The average Bonchev–Trinajstić information content (AvgIpc) is 3.09. The summed E-state index contributed by atoms with van der Waals surface area (Å²) in [5.41, 5.74) is 0. The maximum absolute atomic E-state index is 12.5. The number of nitrogens with zero attached hydrogens (tertiary/aromatic N) is 1. The Labute approximate surface area is 129 Å².